The van der Waals surface area contributed by atoms with Gasteiger partial charge in [0.1, 0.15) is 10.1 Å². The van der Waals surface area contributed by atoms with Gasteiger partial charge in [-0.3, -0.25) is 14.5 Å². The number of aryl methyl sites for hydroxylation is 1. The summed E-state index contributed by atoms with van der Waals surface area (Å²) in [5.74, 6) is -0.287. The summed E-state index contributed by atoms with van der Waals surface area (Å²) in [4.78, 5) is 25.9. The summed E-state index contributed by atoms with van der Waals surface area (Å²) >= 11 is 0. The van der Waals surface area contributed by atoms with Crippen LogP contribution in [0.3, 0.4) is 0 Å². The first-order valence-corrected chi connectivity index (χ1v) is 12.2. The molecule has 1 aliphatic rings. The second-order valence-corrected chi connectivity index (χ2v) is 9.74. The molecule has 174 valence electrons. The number of hydrogen-bond acceptors (Lipinski definition) is 5. The molecule has 0 bridgehead atoms. The Hall–Kier alpha value is -2.55. The Labute approximate surface area is 191 Å². The van der Waals surface area contributed by atoms with Crippen LogP contribution in [-0.2, 0) is 10.1 Å². The zero-order chi connectivity index (χ0) is 23.9. The molecule has 0 fully saturated rings. The van der Waals surface area contributed by atoms with Crippen molar-refractivity contribution in [3.05, 3.63) is 65.2 Å². The number of carbonyl (C=O) groups excluding carboxylic acids is 2. The second-order valence-electron chi connectivity index (χ2n) is 8.37. The largest absolute Gasteiger partial charge is 0.744 e. The van der Waals surface area contributed by atoms with Crippen molar-refractivity contribution in [3.8, 4) is 0 Å². The lowest BCUT2D eigenvalue weighted by Crippen LogP contribution is -2.50. The lowest BCUT2D eigenvalue weighted by Gasteiger charge is -2.35. The van der Waals surface area contributed by atoms with E-state index >= 15 is 0 Å². The van der Waals surface area contributed by atoms with Crippen LogP contribution < -0.4 is 0 Å². The summed E-state index contributed by atoms with van der Waals surface area (Å²) in [7, 11) is -2.06. The quantitative estimate of drug-likeness (QED) is 0.342. The Morgan fingerprint density at radius 1 is 0.844 bits per heavy atom. The maximum Gasteiger partial charge on any atom is 0.261 e. The van der Waals surface area contributed by atoms with Gasteiger partial charge >= 0.3 is 0 Å². The maximum absolute atomic E-state index is 12.3. The average Bonchev–Trinajstić information content (AvgIpc) is 2.97. The molecular formula is C24H32N2O5S. The summed E-state index contributed by atoms with van der Waals surface area (Å²) in [5, 5.41) is 0. The molecule has 2 aromatic carbocycles. The Kier molecular flexibility index (Phi) is 8.72. The molecule has 2 aromatic rings. The minimum atomic E-state index is -4.27. The fourth-order valence-electron chi connectivity index (χ4n) is 3.90. The third kappa shape index (κ3) is 6.48. The molecule has 1 aliphatic heterocycles. The lowest BCUT2D eigenvalue weighted by atomic mass is 10.1. The molecule has 0 atom stereocenters. The van der Waals surface area contributed by atoms with Crippen molar-refractivity contribution in [1.82, 2.24) is 4.90 Å². The van der Waals surface area contributed by atoms with Crippen molar-refractivity contribution in [3.63, 3.8) is 0 Å². The topological polar surface area (TPSA) is 94.6 Å². The molecule has 3 rings (SSSR count). The Morgan fingerprint density at radius 2 is 1.31 bits per heavy atom. The number of quaternary nitrogens is 1. The third-order valence-corrected chi connectivity index (χ3v) is 6.43. The summed E-state index contributed by atoms with van der Waals surface area (Å²) < 4.78 is 32.1. The monoisotopic (exact) mass is 460 g/mol. The minimum absolute atomic E-state index is 0.143. The van der Waals surface area contributed by atoms with E-state index in [1.54, 1.807) is 24.3 Å². The van der Waals surface area contributed by atoms with Crippen molar-refractivity contribution in [2.75, 3.05) is 33.2 Å². The molecule has 32 heavy (non-hydrogen) atoms. The third-order valence-electron chi connectivity index (χ3n) is 5.58. The summed E-state index contributed by atoms with van der Waals surface area (Å²) in [5.41, 5.74) is 2.02. The van der Waals surface area contributed by atoms with Crippen LogP contribution in [0.2, 0.25) is 0 Å². The molecule has 2 amide bonds. The van der Waals surface area contributed by atoms with Crippen LogP contribution in [0.5, 0.6) is 0 Å². The zero-order valence-electron chi connectivity index (χ0n) is 19.2. The van der Waals surface area contributed by atoms with Gasteiger partial charge in [-0.25, -0.2) is 8.42 Å². The van der Waals surface area contributed by atoms with E-state index < -0.39 is 10.1 Å². The number of nitrogens with zero attached hydrogens (tertiary/aromatic N) is 2. The number of imide groups is 1. The SMILES string of the molecule is CCC[N+](C)(CCC)CCN1C(=O)c2ccccc2C1=O.Cc1ccc(S(=O)(=O)[O-])cc1. The highest BCUT2D eigenvalue weighted by molar-refractivity contribution is 7.85. The number of amides is 2. The first-order valence-electron chi connectivity index (χ1n) is 10.8. The number of carbonyl (C=O) groups is 2. The van der Waals surface area contributed by atoms with Gasteiger partial charge < -0.3 is 9.04 Å². The first kappa shape index (κ1) is 25.7. The molecule has 0 unspecified atom stereocenters. The Morgan fingerprint density at radius 3 is 1.72 bits per heavy atom. The van der Waals surface area contributed by atoms with Crippen LogP contribution in [0.15, 0.2) is 53.4 Å². The number of rotatable bonds is 8. The number of hydrogen-bond donors (Lipinski definition) is 0. The van der Waals surface area contributed by atoms with Gasteiger partial charge in [0.2, 0.25) is 0 Å². The van der Waals surface area contributed by atoms with Gasteiger partial charge in [-0.1, -0.05) is 43.7 Å². The predicted molar refractivity (Wildman–Crippen MR) is 122 cm³/mol. The van der Waals surface area contributed by atoms with Gasteiger partial charge in [-0.05, 0) is 44.0 Å². The molecule has 0 N–H and O–H groups in total. The van der Waals surface area contributed by atoms with Crippen molar-refractivity contribution >= 4 is 21.9 Å². The molecule has 0 saturated carbocycles. The molecule has 0 spiro atoms. The number of benzene rings is 2. The maximum atomic E-state index is 12.3. The summed E-state index contributed by atoms with van der Waals surface area (Å²) in [6.45, 7) is 9.66. The highest BCUT2D eigenvalue weighted by Crippen LogP contribution is 2.22. The van der Waals surface area contributed by atoms with Crippen LogP contribution in [0.4, 0.5) is 0 Å². The van der Waals surface area contributed by atoms with E-state index in [0.29, 0.717) is 17.7 Å². The minimum Gasteiger partial charge on any atom is -0.744 e. The van der Waals surface area contributed by atoms with Gasteiger partial charge in [0.25, 0.3) is 11.8 Å². The first-order chi connectivity index (χ1) is 15.0. The fraction of sp³-hybridized carbons (Fsp3) is 0.417. The molecule has 8 heteroatoms. The van der Waals surface area contributed by atoms with Gasteiger partial charge in [0.15, 0.2) is 0 Å². The van der Waals surface area contributed by atoms with Crippen molar-refractivity contribution < 1.29 is 27.0 Å². The van der Waals surface area contributed by atoms with Gasteiger partial charge in [0, 0.05) is 0 Å². The fourth-order valence-corrected chi connectivity index (χ4v) is 4.37. The van der Waals surface area contributed by atoms with E-state index in [1.807, 2.05) is 19.1 Å². The average molecular weight is 461 g/mol. The van der Waals surface area contributed by atoms with Crippen molar-refractivity contribution in [1.29, 1.82) is 0 Å². The van der Waals surface area contributed by atoms with E-state index in [4.69, 9.17) is 0 Å². The van der Waals surface area contributed by atoms with E-state index in [1.165, 1.54) is 17.0 Å². The van der Waals surface area contributed by atoms with Gasteiger partial charge in [0.05, 0.1) is 49.2 Å². The van der Waals surface area contributed by atoms with Crippen molar-refractivity contribution in [2.24, 2.45) is 0 Å². The number of likely N-dealkylation sites (N-methyl/N-ethyl adjacent to an activating group) is 1. The summed E-state index contributed by atoms with van der Waals surface area (Å²) in [6.07, 6.45) is 2.22. The molecule has 1 heterocycles. The molecule has 0 saturated heterocycles. The molecule has 0 aromatic heterocycles. The molecule has 7 nitrogen and oxygen atoms in total. The summed E-state index contributed by atoms with van der Waals surface area (Å²) in [6, 6.07) is 12.9. The van der Waals surface area contributed by atoms with E-state index in [2.05, 4.69) is 20.9 Å². The standard InChI is InChI=1S/C17H25N2O2.C7H8O3S/c1-4-11-19(3,12-5-2)13-10-18-16(20)14-8-6-7-9-15(14)17(18)21;1-6-2-4-7(5-3-6)11(8,9)10/h6-9H,4-5,10-13H2,1-3H3;2-5H,1H3,(H,8,9,10)/q+1;/p-1. The predicted octanol–water partition coefficient (Wildman–Crippen LogP) is 3.45. The van der Waals surface area contributed by atoms with Gasteiger partial charge in [-0.2, -0.15) is 0 Å². The van der Waals surface area contributed by atoms with E-state index in [-0.39, 0.29) is 16.7 Å². The normalized spacial score (nSPS) is 13.6. The van der Waals surface area contributed by atoms with Crippen LogP contribution in [0.1, 0.15) is 53.0 Å². The van der Waals surface area contributed by atoms with E-state index in [9.17, 15) is 22.6 Å². The molecule has 0 aliphatic carbocycles. The highest BCUT2D eigenvalue weighted by atomic mass is 32.2. The molecular weight excluding hydrogens is 428 g/mol. The van der Waals surface area contributed by atoms with Crippen LogP contribution in [0, 0.1) is 6.92 Å². The smallest absolute Gasteiger partial charge is 0.261 e. The zero-order valence-corrected chi connectivity index (χ0v) is 20.0. The van der Waals surface area contributed by atoms with Crippen LogP contribution >= 0.6 is 0 Å². The van der Waals surface area contributed by atoms with Crippen molar-refractivity contribution in [2.45, 2.75) is 38.5 Å². The van der Waals surface area contributed by atoms with Crippen LogP contribution in [0.25, 0.3) is 0 Å². The van der Waals surface area contributed by atoms with Gasteiger partial charge in [-0.15, -0.1) is 0 Å². The van der Waals surface area contributed by atoms with E-state index in [0.717, 1.165) is 42.5 Å². The highest BCUT2D eigenvalue weighted by Gasteiger charge is 2.36. The Bertz CT molecular complexity index is 1010. The second kappa shape index (κ2) is 10.8. The molecule has 0 radical (unpaired) electrons. The van der Waals surface area contributed by atoms with Crippen LogP contribution in [-0.4, -0.2) is 67.4 Å². The lowest BCUT2D eigenvalue weighted by molar-refractivity contribution is -0.908. The number of fused-ring (bicyclic) bond motifs is 1. The Balaban J connectivity index is 0.000000278.